The monoisotopic (exact) mass is 422 g/mol. The van der Waals surface area contributed by atoms with Gasteiger partial charge in [-0.1, -0.05) is 17.7 Å². The number of ketones is 1. The highest BCUT2D eigenvalue weighted by Crippen LogP contribution is 2.34. The second-order valence-electron chi connectivity index (χ2n) is 6.66. The molecule has 0 aromatic heterocycles. The Morgan fingerprint density at radius 3 is 2.38 bits per heavy atom. The summed E-state index contributed by atoms with van der Waals surface area (Å²) in [6.07, 6.45) is -6.42. The molecule has 8 heteroatoms. The first kappa shape index (κ1) is 21.7. The number of ether oxygens (including phenoxy) is 3. The number of methoxy groups -OCH3 is 1. The third-order valence-electron chi connectivity index (χ3n) is 4.79. The van der Waals surface area contributed by atoms with Crippen molar-refractivity contribution >= 4 is 17.4 Å². The fraction of sp³-hybridized carbons (Fsp3) is 0.381. The Kier molecular flexibility index (Phi) is 6.89. The van der Waals surface area contributed by atoms with Crippen LogP contribution >= 0.6 is 11.6 Å². The van der Waals surface area contributed by atoms with Crippen LogP contribution in [0.4, 0.5) is 0 Å². The van der Waals surface area contributed by atoms with Crippen molar-refractivity contribution in [3.63, 3.8) is 0 Å². The smallest absolute Gasteiger partial charge is 0.194 e. The number of hydrogen-bond donors (Lipinski definition) is 3. The molecule has 1 aliphatic rings. The summed E-state index contributed by atoms with van der Waals surface area (Å²) in [5.41, 5.74) is 1.06. The molecule has 0 saturated carbocycles. The summed E-state index contributed by atoms with van der Waals surface area (Å²) in [6.45, 7) is 2.39. The van der Waals surface area contributed by atoms with Crippen LogP contribution in [0.3, 0.4) is 0 Å². The molecular formula is C21H23ClO7. The molecule has 0 spiro atoms. The van der Waals surface area contributed by atoms with Crippen molar-refractivity contribution in [3.05, 3.63) is 64.2 Å². The maximum atomic E-state index is 12.9. The summed E-state index contributed by atoms with van der Waals surface area (Å²) >= 11 is 6.24. The van der Waals surface area contributed by atoms with E-state index in [9.17, 15) is 20.1 Å². The SMILES string of the molecule is CCOc1ccc(C(=O)c2cc([C@@H]3OC(OC)[C@@H](O)[C@H](O)[C@H]3O)ccc2Cl)cc1. The quantitative estimate of drug-likeness (QED) is 0.612. The number of aliphatic hydroxyl groups is 3. The largest absolute Gasteiger partial charge is 0.494 e. The van der Waals surface area contributed by atoms with Gasteiger partial charge in [0.1, 0.15) is 30.2 Å². The van der Waals surface area contributed by atoms with Gasteiger partial charge in [-0.2, -0.15) is 0 Å². The van der Waals surface area contributed by atoms with Gasteiger partial charge in [0.25, 0.3) is 0 Å². The molecular weight excluding hydrogens is 400 g/mol. The number of halogens is 1. The van der Waals surface area contributed by atoms with Crippen LogP contribution in [0, 0.1) is 0 Å². The van der Waals surface area contributed by atoms with E-state index < -0.39 is 30.7 Å². The number of benzene rings is 2. The molecule has 3 N–H and O–H groups in total. The van der Waals surface area contributed by atoms with E-state index in [2.05, 4.69) is 0 Å². The Morgan fingerprint density at radius 2 is 1.76 bits per heavy atom. The molecule has 5 atom stereocenters. The average molecular weight is 423 g/mol. The standard InChI is InChI=1S/C21H23ClO7/c1-3-28-13-7-4-11(5-8-13)16(23)14-10-12(6-9-15(14)22)20-18(25)17(24)19(26)21(27-2)29-20/h4-10,17-21,24-26H,3H2,1-2H3/t17-,18-,19+,20+,21?/m1/s1. The maximum Gasteiger partial charge on any atom is 0.194 e. The van der Waals surface area contributed by atoms with Crippen molar-refractivity contribution in [3.8, 4) is 5.75 Å². The number of rotatable bonds is 6. The molecule has 2 aromatic rings. The molecule has 2 aromatic carbocycles. The molecule has 29 heavy (non-hydrogen) atoms. The molecule has 3 rings (SSSR count). The van der Waals surface area contributed by atoms with E-state index in [1.165, 1.54) is 19.2 Å². The van der Waals surface area contributed by atoms with Gasteiger partial charge in [0.15, 0.2) is 12.1 Å². The van der Waals surface area contributed by atoms with Gasteiger partial charge in [0.2, 0.25) is 0 Å². The molecule has 7 nitrogen and oxygen atoms in total. The minimum atomic E-state index is -1.47. The van der Waals surface area contributed by atoms with Gasteiger partial charge in [0.05, 0.1) is 11.6 Å². The van der Waals surface area contributed by atoms with E-state index in [-0.39, 0.29) is 16.4 Å². The molecule has 1 fully saturated rings. The lowest BCUT2D eigenvalue weighted by Gasteiger charge is -2.40. The van der Waals surface area contributed by atoms with Gasteiger partial charge in [-0.25, -0.2) is 0 Å². The van der Waals surface area contributed by atoms with Crippen LogP contribution in [0.5, 0.6) is 5.75 Å². The summed E-state index contributed by atoms with van der Waals surface area (Å²) in [4.78, 5) is 12.9. The van der Waals surface area contributed by atoms with Gasteiger partial charge in [0, 0.05) is 18.2 Å². The molecule has 1 unspecified atom stereocenters. The van der Waals surface area contributed by atoms with Gasteiger partial charge in [-0.05, 0) is 48.9 Å². The Balaban J connectivity index is 1.90. The number of carbonyl (C=O) groups is 1. The van der Waals surface area contributed by atoms with Crippen molar-refractivity contribution in [2.45, 2.75) is 37.6 Å². The molecule has 0 amide bonds. The zero-order valence-electron chi connectivity index (χ0n) is 16.0. The van der Waals surface area contributed by atoms with E-state index >= 15 is 0 Å². The maximum absolute atomic E-state index is 12.9. The van der Waals surface area contributed by atoms with Crippen LogP contribution in [0.25, 0.3) is 0 Å². The number of aliphatic hydroxyl groups excluding tert-OH is 3. The van der Waals surface area contributed by atoms with Crippen molar-refractivity contribution in [2.24, 2.45) is 0 Å². The van der Waals surface area contributed by atoms with Crippen molar-refractivity contribution in [2.75, 3.05) is 13.7 Å². The number of hydrogen-bond acceptors (Lipinski definition) is 7. The summed E-state index contributed by atoms with van der Waals surface area (Å²) < 4.78 is 16.0. The van der Waals surface area contributed by atoms with Gasteiger partial charge in [-0.15, -0.1) is 0 Å². The topological polar surface area (TPSA) is 105 Å². The van der Waals surface area contributed by atoms with Crippen LogP contribution in [0.15, 0.2) is 42.5 Å². The van der Waals surface area contributed by atoms with Crippen molar-refractivity contribution in [1.82, 2.24) is 0 Å². The van der Waals surface area contributed by atoms with E-state index in [1.807, 2.05) is 6.92 Å². The zero-order valence-corrected chi connectivity index (χ0v) is 16.7. The van der Waals surface area contributed by atoms with Crippen LogP contribution in [0.1, 0.15) is 34.5 Å². The third-order valence-corrected chi connectivity index (χ3v) is 5.12. The van der Waals surface area contributed by atoms with Crippen molar-refractivity contribution in [1.29, 1.82) is 0 Å². The predicted molar refractivity (Wildman–Crippen MR) is 105 cm³/mol. The Morgan fingerprint density at radius 1 is 1.07 bits per heavy atom. The third kappa shape index (κ3) is 4.45. The molecule has 1 aliphatic heterocycles. The first-order chi connectivity index (χ1) is 13.9. The molecule has 1 saturated heterocycles. The van der Waals surface area contributed by atoms with Crippen molar-refractivity contribution < 1.29 is 34.3 Å². The first-order valence-corrected chi connectivity index (χ1v) is 9.54. The Hall–Kier alpha value is -2.00. The molecule has 0 radical (unpaired) electrons. The van der Waals surface area contributed by atoms with Crippen LogP contribution in [-0.4, -0.2) is 59.4 Å². The first-order valence-electron chi connectivity index (χ1n) is 9.16. The average Bonchev–Trinajstić information content (AvgIpc) is 2.73. The summed E-state index contributed by atoms with van der Waals surface area (Å²) in [5, 5.41) is 30.6. The highest BCUT2D eigenvalue weighted by Gasteiger charge is 2.44. The lowest BCUT2D eigenvalue weighted by molar-refractivity contribution is -0.292. The highest BCUT2D eigenvalue weighted by atomic mass is 35.5. The van der Waals surface area contributed by atoms with E-state index in [0.717, 1.165) is 0 Å². The minimum Gasteiger partial charge on any atom is -0.494 e. The van der Waals surface area contributed by atoms with E-state index in [4.69, 9.17) is 25.8 Å². The van der Waals surface area contributed by atoms with Gasteiger partial charge < -0.3 is 29.5 Å². The lowest BCUT2D eigenvalue weighted by Crippen LogP contribution is -2.54. The molecule has 0 aliphatic carbocycles. The van der Waals surface area contributed by atoms with Gasteiger partial charge in [-0.3, -0.25) is 4.79 Å². The summed E-state index contributed by atoms with van der Waals surface area (Å²) in [6, 6.07) is 11.3. The summed E-state index contributed by atoms with van der Waals surface area (Å²) in [5.74, 6) is 0.342. The normalized spacial score (nSPS) is 26.9. The van der Waals surface area contributed by atoms with E-state index in [0.29, 0.717) is 23.5 Å². The summed E-state index contributed by atoms with van der Waals surface area (Å²) in [7, 11) is 1.32. The highest BCUT2D eigenvalue weighted by molar-refractivity contribution is 6.35. The fourth-order valence-corrected chi connectivity index (χ4v) is 3.44. The van der Waals surface area contributed by atoms with Gasteiger partial charge >= 0.3 is 0 Å². The Labute approximate surface area is 173 Å². The Bertz CT molecular complexity index is 853. The zero-order chi connectivity index (χ0) is 21.1. The second-order valence-corrected chi connectivity index (χ2v) is 7.07. The van der Waals surface area contributed by atoms with E-state index in [1.54, 1.807) is 30.3 Å². The molecule has 0 bridgehead atoms. The van der Waals surface area contributed by atoms with Crippen LogP contribution in [-0.2, 0) is 9.47 Å². The second kappa shape index (κ2) is 9.21. The lowest BCUT2D eigenvalue weighted by atomic mass is 9.92. The predicted octanol–water partition coefficient (Wildman–Crippen LogP) is 2.10. The van der Waals surface area contributed by atoms with Crippen LogP contribution < -0.4 is 4.74 Å². The molecule has 156 valence electrons. The number of carbonyl (C=O) groups excluding carboxylic acids is 1. The minimum absolute atomic E-state index is 0.221. The fourth-order valence-electron chi connectivity index (χ4n) is 3.24. The molecule has 1 heterocycles. The van der Waals surface area contributed by atoms with Crippen LogP contribution in [0.2, 0.25) is 5.02 Å².